The lowest BCUT2D eigenvalue weighted by atomic mass is 10.2. The van der Waals surface area contributed by atoms with E-state index in [4.69, 9.17) is 9.47 Å². The van der Waals surface area contributed by atoms with Gasteiger partial charge in [-0.1, -0.05) is 0 Å². The van der Waals surface area contributed by atoms with E-state index in [1.54, 1.807) is 11.9 Å². The molecule has 0 radical (unpaired) electrons. The number of epoxide rings is 1. The van der Waals surface area contributed by atoms with Gasteiger partial charge in [0.25, 0.3) is 0 Å². The van der Waals surface area contributed by atoms with Crippen molar-refractivity contribution < 1.29 is 14.3 Å². The molecule has 1 saturated heterocycles. The third-order valence-corrected chi connectivity index (χ3v) is 2.76. The summed E-state index contributed by atoms with van der Waals surface area (Å²) in [5.74, 6) is 0. The van der Waals surface area contributed by atoms with Crippen molar-refractivity contribution in [2.75, 3.05) is 40.3 Å². The predicted molar refractivity (Wildman–Crippen MR) is 70.7 cm³/mol. The lowest BCUT2D eigenvalue weighted by Crippen LogP contribution is -2.40. The molecule has 0 aromatic carbocycles. The Morgan fingerprint density at radius 1 is 1.33 bits per heavy atom. The van der Waals surface area contributed by atoms with Gasteiger partial charge in [-0.3, -0.25) is 0 Å². The van der Waals surface area contributed by atoms with Crippen LogP contribution in [-0.4, -0.2) is 67.4 Å². The molecule has 18 heavy (non-hydrogen) atoms. The van der Waals surface area contributed by atoms with Crippen LogP contribution in [0, 0.1) is 0 Å². The van der Waals surface area contributed by atoms with Gasteiger partial charge < -0.3 is 19.3 Å². The number of nitrogens with zero attached hydrogens (tertiary/aromatic N) is 2. The van der Waals surface area contributed by atoms with Gasteiger partial charge in [0.15, 0.2) is 0 Å². The van der Waals surface area contributed by atoms with E-state index in [-0.39, 0.29) is 11.7 Å². The maximum atomic E-state index is 11.7. The Kier molecular flexibility index (Phi) is 4.61. The van der Waals surface area contributed by atoms with Gasteiger partial charge in [-0.2, -0.15) is 0 Å². The van der Waals surface area contributed by atoms with Gasteiger partial charge in [-0.05, 0) is 34.7 Å². The van der Waals surface area contributed by atoms with Crippen LogP contribution in [0.25, 0.3) is 0 Å². The molecule has 1 rings (SSSR count). The maximum absolute atomic E-state index is 11.7. The molecular weight excluding hydrogens is 232 g/mol. The molecule has 0 saturated carbocycles. The Morgan fingerprint density at radius 2 is 1.89 bits per heavy atom. The SMILES string of the molecule is CN(CCN(C)C(=O)OC(C)(C)C)CC1(C)CO1. The van der Waals surface area contributed by atoms with E-state index in [1.807, 2.05) is 27.8 Å². The molecule has 0 aromatic heterocycles. The van der Waals surface area contributed by atoms with Crippen LogP contribution in [0.2, 0.25) is 0 Å². The van der Waals surface area contributed by atoms with Crippen LogP contribution >= 0.6 is 0 Å². The van der Waals surface area contributed by atoms with Crippen molar-refractivity contribution in [2.45, 2.75) is 38.9 Å². The summed E-state index contributed by atoms with van der Waals surface area (Å²) in [4.78, 5) is 15.5. The first-order chi connectivity index (χ1) is 8.11. The van der Waals surface area contributed by atoms with Crippen molar-refractivity contribution in [1.82, 2.24) is 9.80 Å². The minimum Gasteiger partial charge on any atom is -0.444 e. The van der Waals surface area contributed by atoms with E-state index in [0.29, 0.717) is 6.54 Å². The van der Waals surface area contributed by atoms with Crippen molar-refractivity contribution in [3.05, 3.63) is 0 Å². The Labute approximate surface area is 110 Å². The summed E-state index contributed by atoms with van der Waals surface area (Å²) in [7, 11) is 3.80. The Morgan fingerprint density at radius 3 is 2.33 bits per heavy atom. The number of hydrogen-bond donors (Lipinski definition) is 0. The van der Waals surface area contributed by atoms with Crippen LogP contribution < -0.4 is 0 Å². The summed E-state index contributed by atoms with van der Waals surface area (Å²) < 4.78 is 10.6. The number of rotatable bonds is 5. The summed E-state index contributed by atoms with van der Waals surface area (Å²) in [5.41, 5.74) is -0.411. The number of amides is 1. The van der Waals surface area contributed by atoms with Crippen molar-refractivity contribution >= 4 is 6.09 Å². The lowest BCUT2D eigenvalue weighted by Gasteiger charge is -2.26. The van der Waals surface area contributed by atoms with Crippen molar-refractivity contribution in [1.29, 1.82) is 0 Å². The fraction of sp³-hybridized carbons (Fsp3) is 0.923. The third kappa shape index (κ3) is 5.69. The number of likely N-dealkylation sites (N-methyl/N-ethyl adjacent to an activating group) is 2. The largest absolute Gasteiger partial charge is 0.444 e. The normalized spacial score (nSPS) is 23.1. The number of carbonyl (C=O) groups is 1. The molecule has 5 heteroatoms. The highest BCUT2D eigenvalue weighted by Crippen LogP contribution is 2.26. The minimum atomic E-state index is -0.438. The lowest BCUT2D eigenvalue weighted by molar-refractivity contribution is 0.0285. The molecule has 0 spiro atoms. The molecule has 1 atom stereocenters. The topological polar surface area (TPSA) is 45.3 Å². The third-order valence-electron chi connectivity index (χ3n) is 2.76. The second-order valence-corrected chi connectivity index (χ2v) is 6.38. The predicted octanol–water partition coefficient (Wildman–Crippen LogP) is 1.57. The molecule has 106 valence electrons. The molecule has 1 fully saturated rings. The fourth-order valence-corrected chi connectivity index (χ4v) is 1.62. The van der Waals surface area contributed by atoms with E-state index >= 15 is 0 Å². The van der Waals surface area contributed by atoms with Crippen molar-refractivity contribution in [3.8, 4) is 0 Å². The highest BCUT2D eigenvalue weighted by atomic mass is 16.6. The second kappa shape index (κ2) is 5.45. The van der Waals surface area contributed by atoms with Crippen LogP contribution in [0.4, 0.5) is 4.79 Å². The first kappa shape index (κ1) is 15.2. The molecule has 1 aliphatic rings. The zero-order valence-electron chi connectivity index (χ0n) is 12.4. The molecular formula is C13H26N2O3. The van der Waals surface area contributed by atoms with Gasteiger partial charge >= 0.3 is 6.09 Å². The van der Waals surface area contributed by atoms with E-state index < -0.39 is 5.60 Å². The monoisotopic (exact) mass is 258 g/mol. The van der Waals surface area contributed by atoms with E-state index in [2.05, 4.69) is 11.8 Å². The van der Waals surface area contributed by atoms with Gasteiger partial charge in [-0.15, -0.1) is 0 Å². The molecule has 0 aromatic rings. The zero-order valence-corrected chi connectivity index (χ0v) is 12.4. The Balaban J connectivity index is 2.23. The number of ether oxygens (including phenoxy) is 2. The molecule has 0 aliphatic carbocycles. The average molecular weight is 258 g/mol. The first-order valence-corrected chi connectivity index (χ1v) is 6.38. The average Bonchev–Trinajstić information content (AvgIpc) is 2.89. The van der Waals surface area contributed by atoms with Crippen molar-refractivity contribution in [2.24, 2.45) is 0 Å². The summed E-state index contributed by atoms with van der Waals surface area (Å²) in [6.07, 6.45) is -0.273. The van der Waals surface area contributed by atoms with Gasteiger partial charge in [-0.25, -0.2) is 4.79 Å². The van der Waals surface area contributed by atoms with Gasteiger partial charge in [0, 0.05) is 26.7 Å². The van der Waals surface area contributed by atoms with E-state index in [1.165, 1.54) is 0 Å². The van der Waals surface area contributed by atoms with E-state index in [0.717, 1.165) is 19.7 Å². The summed E-state index contributed by atoms with van der Waals surface area (Å²) in [6, 6.07) is 0. The molecule has 0 bridgehead atoms. The van der Waals surface area contributed by atoms with E-state index in [9.17, 15) is 4.79 Å². The highest BCUT2D eigenvalue weighted by Gasteiger charge is 2.39. The summed E-state index contributed by atoms with van der Waals surface area (Å²) in [5, 5.41) is 0. The molecule has 5 nitrogen and oxygen atoms in total. The molecule has 1 amide bonds. The summed E-state index contributed by atoms with van der Waals surface area (Å²) in [6.45, 7) is 10.9. The van der Waals surface area contributed by atoms with Gasteiger partial charge in [0.05, 0.1) is 6.61 Å². The van der Waals surface area contributed by atoms with Crippen LogP contribution in [0.3, 0.4) is 0 Å². The Bertz CT molecular complexity index is 295. The smallest absolute Gasteiger partial charge is 0.410 e. The van der Waals surface area contributed by atoms with Crippen molar-refractivity contribution in [3.63, 3.8) is 0 Å². The zero-order chi connectivity index (χ0) is 14.0. The van der Waals surface area contributed by atoms with Crippen LogP contribution in [0.1, 0.15) is 27.7 Å². The second-order valence-electron chi connectivity index (χ2n) is 6.38. The standard InChI is InChI=1S/C13H26N2O3/c1-12(2,3)18-11(16)15(6)8-7-14(5)9-13(4)10-17-13/h7-10H2,1-6H3. The van der Waals surface area contributed by atoms with Gasteiger partial charge in [0.1, 0.15) is 11.2 Å². The maximum Gasteiger partial charge on any atom is 0.410 e. The molecule has 1 unspecified atom stereocenters. The van der Waals surface area contributed by atoms with Crippen LogP contribution in [0.15, 0.2) is 0 Å². The molecule has 1 aliphatic heterocycles. The van der Waals surface area contributed by atoms with Gasteiger partial charge in [0.2, 0.25) is 0 Å². The van der Waals surface area contributed by atoms with Crippen LogP contribution in [0.5, 0.6) is 0 Å². The first-order valence-electron chi connectivity index (χ1n) is 6.38. The molecule has 1 heterocycles. The Hall–Kier alpha value is -0.810. The number of hydrogen-bond acceptors (Lipinski definition) is 4. The summed E-state index contributed by atoms with van der Waals surface area (Å²) >= 11 is 0. The number of carbonyl (C=O) groups excluding carboxylic acids is 1. The minimum absolute atomic E-state index is 0.0270. The highest BCUT2D eigenvalue weighted by molar-refractivity contribution is 5.67. The fourth-order valence-electron chi connectivity index (χ4n) is 1.62. The molecule has 0 N–H and O–H groups in total. The van der Waals surface area contributed by atoms with Crippen LogP contribution in [-0.2, 0) is 9.47 Å². The quantitative estimate of drug-likeness (QED) is 0.702.